The summed E-state index contributed by atoms with van der Waals surface area (Å²) in [6.07, 6.45) is 2.82. The summed E-state index contributed by atoms with van der Waals surface area (Å²) in [7, 11) is -3.61. The number of carbonyl (C=O) groups excluding carboxylic acids is 1. The van der Waals surface area contributed by atoms with Crippen molar-refractivity contribution in [2.24, 2.45) is 0 Å². The predicted octanol–water partition coefficient (Wildman–Crippen LogP) is 3.61. The molecule has 0 aliphatic carbocycles. The first kappa shape index (κ1) is 20.6. The van der Waals surface area contributed by atoms with Gasteiger partial charge < -0.3 is 4.90 Å². The Labute approximate surface area is 167 Å². The fourth-order valence-corrected chi connectivity index (χ4v) is 5.02. The van der Waals surface area contributed by atoms with Gasteiger partial charge in [-0.1, -0.05) is 30.3 Å². The molecule has 1 saturated heterocycles. The van der Waals surface area contributed by atoms with Crippen LogP contribution in [0.4, 0.5) is 0 Å². The molecule has 5 nitrogen and oxygen atoms in total. The van der Waals surface area contributed by atoms with Gasteiger partial charge in [0.1, 0.15) is 0 Å². The van der Waals surface area contributed by atoms with E-state index in [-0.39, 0.29) is 16.8 Å². The lowest BCUT2D eigenvalue weighted by molar-refractivity contribution is 0.0736. The maximum absolute atomic E-state index is 13.0. The molecule has 1 fully saturated rings. The van der Waals surface area contributed by atoms with E-state index in [1.54, 1.807) is 32.9 Å². The molecule has 0 spiro atoms. The number of rotatable bonds is 5. The summed E-state index contributed by atoms with van der Waals surface area (Å²) in [6.45, 7) is 6.12. The molecule has 1 atom stereocenters. The van der Waals surface area contributed by atoms with Crippen LogP contribution in [0.1, 0.15) is 49.5 Å². The molecule has 3 rings (SSSR count). The molecule has 0 radical (unpaired) electrons. The maximum Gasteiger partial charge on any atom is 0.254 e. The van der Waals surface area contributed by atoms with Crippen LogP contribution in [-0.4, -0.2) is 37.4 Å². The van der Waals surface area contributed by atoms with Gasteiger partial charge in [-0.15, -0.1) is 0 Å². The van der Waals surface area contributed by atoms with Crippen LogP contribution in [0.15, 0.2) is 59.5 Å². The molecule has 1 N–H and O–H groups in total. The second-order valence-corrected chi connectivity index (χ2v) is 10.0. The van der Waals surface area contributed by atoms with Crippen LogP contribution < -0.4 is 4.72 Å². The average Bonchev–Trinajstić information content (AvgIpc) is 3.08. The third-order valence-electron chi connectivity index (χ3n) is 4.80. The van der Waals surface area contributed by atoms with Crippen molar-refractivity contribution in [3.8, 4) is 0 Å². The molecule has 0 bridgehead atoms. The summed E-state index contributed by atoms with van der Waals surface area (Å²) >= 11 is 0. The van der Waals surface area contributed by atoms with Gasteiger partial charge >= 0.3 is 0 Å². The first-order valence-electron chi connectivity index (χ1n) is 9.65. The standard InChI is InChI=1S/C22H28N2O3S/c1-22(2,3)23-28(26,27)20-13-11-18(12-14-20)21(25)24-15-7-10-19(24)16-17-8-5-4-6-9-17/h4-6,8-9,11-14,19,23H,7,10,15-16H2,1-3H3. The zero-order valence-corrected chi connectivity index (χ0v) is 17.5. The third kappa shape index (κ3) is 5.00. The van der Waals surface area contributed by atoms with E-state index in [0.717, 1.165) is 25.8 Å². The highest BCUT2D eigenvalue weighted by Gasteiger charge is 2.30. The SMILES string of the molecule is CC(C)(C)NS(=O)(=O)c1ccc(C(=O)N2CCCC2Cc2ccccc2)cc1. The van der Waals surface area contributed by atoms with Gasteiger partial charge in [-0.25, -0.2) is 13.1 Å². The van der Waals surface area contributed by atoms with E-state index < -0.39 is 15.6 Å². The number of amides is 1. The molecule has 1 heterocycles. The van der Waals surface area contributed by atoms with Gasteiger partial charge in [0.05, 0.1) is 4.90 Å². The van der Waals surface area contributed by atoms with Gasteiger partial charge in [-0.05, 0) is 69.9 Å². The van der Waals surface area contributed by atoms with Crippen LogP contribution in [-0.2, 0) is 16.4 Å². The monoisotopic (exact) mass is 400 g/mol. The summed E-state index contributed by atoms with van der Waals surface area (Å²) in [5.41, 5.74) is 1.18. The van der Waals surface area contributed by atoms with Gasteiger partial charge in [0.15, 0.2) is 0 Å². The van der Waals surface area contributed by atoms with Crippen LogP contribution in [0, 0.1) is 0 Å². The fourth-order valence-electron chi connectivity index (χ4n) is 3.61. The number of sulfonamides is 1. The smallest absolute Gasteiger partial charge is 0.254 e. The van der Waals surface area contributed by atoms with E-state index >= 15 is 0 Å². The molecule has 0 saturated carbocycles. The lowest BCUT2D eigenvalue weighted by atomic mass is 10.0. The number of nitrogens with one attached hydrogen (secondary N) is 1. The van der Waals surface area contributed by atoms with Crippen molar-refractivity contribution in [2.45, 2.75) is 56.5 Å². The molecule has 150 valence electrons. The van der Waals surface area contributed by atoms with Crippen LogP contribution in [0.3, 0.4) is 0 Å². The maximum atomic E-state index is 13.0. The minimum absolute atomic E-state index is 0.0360. The first-order valence-corrected chi connectivity index (χ1v) is 11.1. The normalized spacial score (nSPS) is 17.7. The number of benzene rings is 2. The van der Waals surface area contributed by atoms with Crippen molar-refractivity contribution in [1.29, 1.82) is 0 Å². The van der Waals surface area contributed by atoms with Crippen molar-refractivity contribution in [3.63, 3.8) is 0 Å². The topological polar surface area (TPSA) is 66.5 Å². The fraction of sp³-hybridized carbons (Fsp3) is 0.409. The zero-order chi connectivity index (χ0) is 20.4. The Balaban J connectivity index is 1.73. The minimum atomic E-state index is -3.61. The minimum Gasteiger partial charge on any atom is -0.335 e. The van der Waals surface area contributed by atoms with Crippen LogP contribution in [0.5, 0.6) is 0 Å². The molecule has 28 heavy (non-hydrogen) atoms. The Kier molecular flexibility index (Phi) is 5.91. The molecule has 2 aromatic rings. The summed E-state index contributed by atoms with van der Waals surface area (Å²) in [5, 5.41) is 0. The highest BCUT2D eigenvalue weighted by atomic mass is 32.2. The molecule has 1 aliphatic rings. The number of likely N-dealkylation sites (tertiary alicyclic amines) is 1. The van der Waals surface area contributed by atoms with E-state index in [9.17, 15) is 13.2 Å². The second kappa shape index (κ2) is 8.05. The summed E-state index contributed by atoms with van der Waals surface area (Å²) in [6, 6.07) is 16.6. The lowest BCUT2D eigenvalue weighted by Crippen LogP contribution is -2.40. The highest BCUT2D eigenvalue weighted by Crippen LogP contribution is 2.24. The highest BCUT2D eigenvalue weighted by molar-refractivity contribution is 7.89. The van der Waals surface area contributed by atoms with Gasteiger partial charge in [0.25, 0.3) is 5.91 Å². The van der Waals surface area contributed by atoms with E-state index in [1.165, 1.54) is 17.7 Å². The van der Waals surface area contributed by atoms with Gasteiger partial charge in [0, 0.05) is 23.7 Å². The number of nitrogens with zero attached hydrogens (tertiary/aromatic N) is 1. The van der Waals surface area contributed by atoms with Crippen molar-refractivity contribution in [3.05, 3.63) is 65.7 Å². The number of hydrogen-bond donors (Lipinski definition) is 1. The predicted molar refractivity (Wildman–Crippen MR) is 111 cm³/mol. The van der Waals surface area contributed by atoms with Crippen LogP contribution >= 0.6 is 0 Å². The molecule has 1 aliphatic heterocycles. The third-order valence-corrected chi connectivity index (χ3v) is 6.58. The lowest BCUT2D eigenvalue weighted by Gasteiger charge is -2.25. The Morgan fingerprint density at radius 3 is 2.32 bits per heavy atom. The van der Waals surface area contributed by atoms with Gasteiger partial charge in [0.2, 0.25) is 10.0 Å². The van der Waals surface area contributed by atoms with Gasteiger partial charge in [-0.2, -0.15) is 0 Å². The van der Waals surface area contributed by atoms with Crippen molar-refractivity contribution < 1.29 is 13.2 Å². The largest absolute Gasteiger partial charge is 0.335 e. The zero-order valence-electron chi connectivity index (χ0n) is 16.7. The van der Waals surface area contributed by atoms with Crippen molar-refractivity contribution in [2.75, 3.05) is 6.54 Å². The van der Waals surface area contributed by atoms with Gasteiger partial charge in [-0.3, -0.25) is 4.79 Å². The number of carbonyl (C=O) groups is 1. The Hall–Kier alpha value is -2.18. The molecular weight excluding hydrogens is 372 g/mol. The Morgan fingerprint density at radius 1 is 1.07 bits per heavy atom. The van der Waals surface area contributed by atoms with Crippen molar-refractivity contribution in [1.82, 2.24) is 9.62 Å². The average molecular weight is 401 g/mol. The summed E-state index contributed by atoms with van der Waals surface area (Å²) in [4.78, 5) is 15.1. The molecule has 1 amide bonds. The van der Waals surface area contributed by atoms with E-state index in [0.29, 0.717) is 5.56 Å². The van der Waals surface area contributed by atoms with E-state index in [2.05, 4.69) is 16.9 Å². The van der Waals surface area contributed by atoms with Crippen LogP contribution in [0.25, 0.3) is 0 Å². The Morgan fingerprint density at radius 2 is 1.71 bits per heavy atom. The number of hydrogen-bond acceptors (Lipinski definition) is 3. The summed E-state index contributed by atoms with van der Waals surface area (Å²) in [5.74, 6) is -0.0360. The molecular formula is C22H28N2O3S. The molecule has 0 aromatic heterocycles. The van der Waals surface area contributed by atoms with Crippen LogP contribution in [0.2, 0.25) is 0 Å². The van der Waals surface area contributed by atoms with E-state index in [1.807, 2.05) is 23.1 Å². The van der Waals surface area contributed by atoms with Crippen molar-refractivity contribution >= 4 is 15.9 Å². The first-order chi connectivity index (χ1) is 13.2. The molecule has 6 heteroatoms. The molecule has 1 unspecified atom stereocenters. The van der Waals surface area contributed by atoms with E-state index in [4.69, 9.17) is 0 Å². The summed E-state index contributed by atoms with van der Waals surface area (Å²) < 4.78 is 27.5. The quantitative estimate of drug-likeness (QED) is 0.834. The second-order valence-electron chi connectivity index (χ2n) is 8.36. The molecule has 2 aromatic carbocycles. The Bertz CT molecular complexity index is 917.